The number of halogens is 1. The number of carbonyl (C=O) groups is 1. The van der Waals surface area contributed by atoms with Gasteiger partial charge >= 0.3 is 0 Å². The molecule has 1 N–H and O–H groups in total. The van der Waals surface area contributed by atoms with E-state index in [2.05, 4.69) is 10.3 Å². The van der Waals surface area contributed by atoms with E-state index in [9.17, 15) is 9.59 Å². The number of hydrogen-bond donors (Lipinski definition) is 1. The summed E-state index contributed by atoms with van der Waals surface area (Å²) in [5.41, 5.74) is 0.980. The molecule has 3 aromatic rings. The Balaban J connectivity index is 1.75. The molecule has 1 amide bonds. The maximum absolute atomic E-state index is 12.9. The average molecular weight is 420 g/mol. The molecular weight excluding hydrogens is 402 g/mol. The zero-order chi connectivity index (χ0) is 20.0. The minimum Gasteiger partial charge on any atom is -0.495 e. The van der Waals surface area contributed by atoms with Crippen molar-refractivity contribution in [2.24, 2.45) is 0 Å². The van der Waals surface area contributed by atoms with Gasteiger partial charge < -0.3 is 14.8 Å². The van der Waals surface area contributed by atoms with E-state index in [1.807, 2.05) is 0 Å². The number of fused-ring (bicyclic) bond motifs is 2. The molecular formula is C19H18ClN3O4S. The summed E-state index contributed by atoms with van der Waals surface area (Å²) in [7, 11) is 3.00. The number of hydrogen-bond acceptors (Lipinski definition) is 6. The van der Waals surface area contributed by atoms with Gasteiger partial charge in [0.25, 0.3) is 11.5 Å². The van der Waals surface area contributed by atoms with Crippen LogP contribution < -0.4 is 20.3 Å². The highest BCUT2D eigenvalue weighted by Crippen LogP contribution is 2.37. The Hall–Kier alpha value is -2.58. The maximum Gasteiger partial charge on any atom is 0.266 e. The van der Waals surface area contributed by atoms with Gasteiger partial charge in [0.05, 0.1) is 35.2 Å². The van der Waals surface area contributed by atoms with E-state index in [0.29, 0.717) is 49.4 Å². The van der Waals surface area contributed by atoms with Gasteiger partial charge in [-0.25, -0.2) is 4.98 Å². The molecule has 0 bridgehead atoms. The lowest BCUT2D eigenvalue weighted by molar-refractivity contribution is 0.102. The molecule has 0 saturated carbocycles. The first kappa shape index (κ1) is 18.8. The minimum atomic E-state index is -0.343. The molecule has 2 aromatic heterocycles. The highest BCUT2D eigenvalue weighted by molar-refractivity contribution is 7.20. The lowest BCUT2D eigenvalue weighted by Crippen LogP contribution is -2.20. The molecule has 0 fully saturated rings. The van der Waals surface area contributed by atoms with Crippen molar-refractivity contribution >= 4 is 44.7 Å². The number of nitrogens with zero attached hydrogens (tertiary/aromatic N) is 2. The Bertz CT molecular complexity index is 1170. The van der Waals surface area contributed by atoms with Crippen LogP contribution in [0.2, 0.25) is 5.02 Å². The van der Waals surface area contributed by atoms with E-state index in [1.54, 1.807) is 23.6 Å². The lowest BCUT2D eigenvalue weighted by atomic mass is 10.2. The molecule has 0 radical (unpaired) electrons. The van der Waals surface area contributed by atoms with E-state index >= 15 is 0 Å². The SMILES string of the molecule is COc1cc(OC)c(NC(=O)c2sc3nc4n(c(=O)c3c2C)CCC4)cc1Cl. The molecule has 3 heterocycles. The van der Waals surface area contributed by atoms with Crippen LogP contribution in [-0.2, 0) is 13.0 Å². The van der Waals surface area contributed by atoms with Gasteiger partial charge in [-0.1, -0.05) is 11.6 Å². The molecule has 0 unspecified atom stereocenters. The zero-order valence-electron chi connectivity index (χ0n) is 15.6. The molecule has 0 aliphatic carbocycles. The van der Waals surface area contributed by atoms with Gasteiger partial charge in [0.1, 0.15) is 22.2 Å². The third-order valence-electron chi connectivity index (χ3n) is 4.84. The largest absolute Gasteiger partial charge is 0.495 e. The number of benzene rings is 1. The Morgan fingerprint density at radius 3 is 2.75 bits per heavy atom. The van der Waals surface area contributed by atoms with Gasteiger partial charge in [-0.05, 0) is 25.0 Å². The predicted octanol–water partition coefficient (Wildman–Crippen LogP) is 3.64. The summed E-state index contributed by atoms with van der Waals surface area (Å²) in [6.45, 7) is 2.45. The molecule has 0 atom stereocenters. The standard InChI is InChI=1S/C19H18ClN3O4S/c1-9-15-18(22-14-5-4-6-23(14)19(15)25)28-16(9)17(24)21-11-7-10(20)12(26-2)8-13(11)27-3/h7-8H,4-6H2,1-3H3,(H,21,24). The number of carbonyl (C=O) groups excluding carboxylic acids is 1. The van der Waals surface area contributed by atoms with E-state index in [0.717, 1.165) is 18.7 Å². The normalized spacial score (nSPS) is 12.9. The Kier molecular flexibility index (Phi) is 4.76. The number of aryl methyl sites for hydroxylation is 2. The van der Waals surface area contributed by atoms with Gasteiger partial charge in [-0.3, -0.25) is 14.2 Å². The Morgan fingerprint density at radius 2 is 2.04 bits per heavy atom. The average Bonchev–Trinajstić information content (AvgIpc) is 3.27. The van der Waals surface area contributed by atoms with E-state index < -0.39 is 0 Å². The Morgan fingerprint density at radius 1 is 1.29 bits per heavy atom. The maximum atomic E-state index is 12.9. The topological polar surface area (TPSA) is 82.4 Å². The van der Waals surface area contributed by atoms with Crippen molar-refractivity contribution in [3.05, 3.63) is 43.8 Å². The fraction of sp³-hybridized carbons (Fsp3) is 0.316. The summed E-state index contributed by atoms with van der Waals surface area (Å²) >= 11 is 7.40. The number of nitrogens with one attached hydrogen (secondary N) is 1. The second-order valence-corrected chi connectivity index (χ2v) is 7.87. The molecule has 1 aliphatic rings. The second kappa shape index (κ2) is 7.10. The number of thiophene rings is 1. The molecule has 4 rings (SSSR count). The van der Waals surface area contributed by atoms with Gasteiger partial charge in [0, 0.05) is 19.0 Å². The fourth-order valence-electron chi connectivity index (χ4n) is 3.43. The third-order valence-corrected chi connectivity index (χ3v) is 6.32. The summed E-state index contributed by atoms with van der Waals surface area (Å²) < 4.78 is 12.2. The molecule has 0 spiro atoms. The fourth-order valence-corrected chi connectivity index (χ4v) is 4.76. The van der Waals surface area contributed by atoms with Crippen LogP contribution in [0.15, 0.2) is 16.9 Å². The molecule has 7 nitrogen and oxygen atoms in total. The molecule has 146 valence electrons. The van der Waals surface area contributed by atoms with Crippen LogP contribution in [0.4, 0.5) is 5.69 Å². The van der Waals surface area contributed by atoms with Crippen LogP contribution in [0.5, 0.6) is 11.5 Å². The van der Waals surface area contributed by atoms with Crippen molar-refractivity contribution in [3.63, 3.8) is 0 Å². The highest BCUT2D eigenvalue weighted by atomic mass is 35.5. The summed E-state index contributed by atoms with van der Waals surface area (Å²) in [5, 5.41) is 3.68. The first-order valence-corrected chi connectivity index (χ1v) is 9.89. The molecule has 28 heavy (non-hydrogen) atoms. The molecule has 1 aromatic carbocycles. The van der Waals surface area contributed by atoms with Crippen LogP contribution in [0.1, 0.15) is 27.5 Å². The first-order chi connectivity index (χ1) is 13.4. The molecule has 9 heteroatoms. The van der Waals surface area contributed by atoms with E-state index in [4.69, 9.17) is 21.1 Å². The minimum absolute atomic E-state index is 0.0737. The summed E-state index contributed by atoms with van der Waals surface area (Å²) in [4.78, 5) is 31.4. The molecule has 0 saturated heterocycles. The van der Waals surface area contributed by atoms with E-state index in [1.165, 1.54) is 25.6 Å². The van der Waals surface area contributed by atoms with Crippen molar-refractivity contribution in [1.82, 2.24) is 9.55 Å². The monoisotopic (exact) mass is 419 g/mol. The molecule has 1 aliphatic heterocycles. The highest BCUT2D eigenvalue weighted by Gasteiger charge is 2.24. The number of amides is 1. The predicted molar refractivity (Wildman–Crippen MR) is 109 cm³/mol. The van der Waals surface area contributed by atoms with Crippen LogP contribution in [0, 0.1) is 6.92 Å². The van der Waals surface area contributed by atoms with Gasteiger partial charge in [0.2, 0.25) is 0 Å². The van der Waals surface area contributed by atoms with Crippen LogP contribution in [-0.4, -0.2) is 29.7 Å². The number of rotatable bonds is 4. The summed E-state index contributed by atoms with van der Waals surface area (Å²) in [5.74, 6) is 1.31. The van der Waals surface area contributed by atoms with Gasteiger partial charge in [-0.2, -0.15) is 0 Å². The summed E-state index contributed by atoms with van der Waals surface area (Å²) in [6, 6.07) is 3.18. The smallest absolute Gasteiger partial charge is 0.266 e. The summed E-state index contributed by atoms with van der Waals surface area (Å²) in [6.07, 6.45) is 1.70. The Labute approximate surface area is 169 Å². The number of methoxy groups -OCH3 is 2. The lowest BCUT2D eigenvalue weighted by Gasteiger charge is -2.13. The van der Waals surface area contributed by atoms with Crippen LogP contribution >= 0.6 is 22.9 Å². The second-order valence-electron chi connectivity index (χ2n) is 6.47. The van der Waals surface area contributed by atoms with Gasteiger partial charge in [-0.15, -0.1) is 11.3 Å². The zero-order valence-corrected chi connectivity index (χ0v) is 17.2. The number of aromatic nitrogens is 2. The first-order valence-electron chi connectivity index (χ1n) is 8.70. The van der Waals surface area contributed by atoms with Crippen molar-refractivity contribution in [1.29, 1.82) is 0 Å². The van der Waals surface area contributed by atoms with Crippen LogP contribution in [0.25, 0.3) is 10.2 Å². The van der Waals surface area contributed by atoms with Crippen molar-refractivity contribution in [2.45, 2.75) is 26.3 Å². The van der Waals surface area contributed by atoms with Crippen molar-refractivity contribution in [3.8, 4) is 11.5 Å². The quantitative estimate of drug-likeness (QED) is 0.698. The third kappa shape index (κ3) is 2.93. The number of ether oxygens (including phenoxy) is 2. The van der Waals surface area contributed by atoms with E-state index in [-0.39, 0.29) is 11.5 Å². The van der Waals surface area contributed by atoms with Crippen LogP contribution in [0.3, 0.4) is 0 Å². The number of anilines is 1. The van der Waals surface area contributed by atoms with Gasteiger partial charge in [0.15, 0.2) is 0 Å². The van der Waals surface area contributed by atoms with Crippen molar-refractivity contribution < 1.29 is 14.3 Å². The van der Waals surface area contributed by atoms with Crippen molar-refractivity contribution in [2.75, 3.05) is 19.5 Å².